The van der Waals surface area contributed by atoms with Crippen molar-refractivity contribution < 1.29 is 47.8 Å². The van der Waals surface area contributed by atoms with Gasteiger partial charge in [0.25, 0.3) is 5.91 Å². The summed E-state index contributed by atoms with van der Waals surface area (Å²) in [6.45, 7) is 7.06. The van der Waals surface area contributed by atoms with E-state index in [0.717, 1.165) is 0 Å². The standard InChI is InChI=1S/C39H52N6O10/c1-7-13-28(32(47)35(49)40-22-30(46)42-31(36(50)44(5)6)24-14-9-8-10-15-24)41-34(48)29-21-27-23-45(29)37(51)33(39(2,3)4)43-38(52)55-26-17-11-16-25(20-26)53-18-12-19-54-27/h8-11,14-17,20,27-29,31,33H,7,12-13,18-19,21-23H2,1-6H3,(H,40,49)(H,41,48)(H,42,46)(H,43,52)/t27-,28?,29+,31+,33-/m1/s1. The molecule has 4 N–H and O–H groups in total. The van der Waals surface area contributed by atoms with Crippen LogP contribution in [0.3, 0.4) is 0 Å². The van der Waals surface area contributed by atoms with Gasteiger partial charge in [-0.1, -0.05) is 70.5 Å². The summed E-state index contributed by atoms with van der Waals surface area (Å²) in [4.78, 5) is 96.1. The summed E-state index contributed by atoms with van der Waals surface area (Å²) in [5.74, 6) is -3.72. The molecule has 0 aliphatic carbocycles. The van der Waals surface area contributed by atoms with Crippen molar-refractivity contribution in [3.8, 4) is 11.5 Å². The van der Waals surface area contributed by atoms with E-state index in [9.17, 15) is 33.6 Å². The summed E-state index contributed by atoms with van der Waals surface area (Å²) >= 11 is 0. The van der Waals surface area contributed by atoms with Gasteiger partial charge < -0.3 is 45.3 Å². The molecule has 2 aliphatic rings. The number of nitrogens with one attached hydrogen (secondary N) is 4. The number of rotatable bonds is 11. The first-order valence-corrected chi connectivity index (χ1v) is 18.4. The third kappa shape index (κ3) is 11.7. The van der Waals surface area contributed by atoms with Gasteiger partial charge in [-0.2, -0.15) is 0 Å². The predicted octanol–water partition coefficient (Wildman–Crippen LogP) is 1.87. The number of fused-ring (bicyclic) bond motifs is 4. The average molecular weight is 765 g/mol. The van der Waals surface area contributed by atoms with Gasteiger partial charge in [0, 0.05) is 39.5 Å². The van der Waals surface area contributed by atoms with E-state index in [1.54, 1.807) is 96.4 Å². The van der Waals surface area contributed by atoms with Crippen LogP contribution in [0.5, 0.6) is 11.5 Å². The normalized spacial score (nSPS) is 20.1. The van der Waals surface area contributed by atoms with Gasteiger partial charge in [0.05, 0.1) is 31.9 Å². The second kappa shape index (κ2) is 19.2. The molecule has 0 aromatic heterocycles. The minimum atomic E-state index is -1.27. The van der Waals surface area contributed by atoms with Crippen molar-refractivity contribution in [1.29, 1.82) is 0 Å². The first-order chi connectivity index (χ1) is 26.1. The van der Waals surface area contributed by atoms with Crippen molar-refractivity contribution in [2.75, 3.05) is 40.4 Å². The molecule has 2 aromatic carbocycles. The molecule has 0 spiro atoms. The Morgan fingerprint density at radius 3 is 2.35 bits per heavy atom. The fraction of sp³-hybridized carbons (Fsp3) is 0.513. The molecule has 1 fully saturated rings. The Morgan fingerprint density at radius 2 is 1.67 bits per heavy atom. The largest absolute Gasteiger partial charge is 0.493 e. The van der Waals surface area contributed by atoms with Gasteiger partial charge >= 0.3 is 6.09 Å². The Hall–Kier alpha value is -5.51. The molecule has 5 atom stereocenters. The number of hydrogen-bond acceptors (Lipinski definition) is 10. The Kier molecular flexibility index (Phi) is 14.7. The van der Waals surface area contributed by atoms with Gasteiger partial charge in [0.1, 0.15) is 29.6 Å². The number of ether oxygens (including phenoxy) is 3. The smallest absolute Gasteiger partial charge is 0.413 e. The van der Waals surface area contributed by atoms with Crippen LogP contribution in [0.2, 0.25) is 0 Å². The van der Waals surface area contributed by atoms with Crippen molar-refractivity contribution in [2.24, 2.45) is 5.41 Å². The molecule has 4 bridgehead atoms. The van der Waals surface area contributed by atoms with E-state index in [2.05, 4.69) is 21.3 Å². The molecule has 1 unspecified atom stereocenters. The summed E-state index contributed by atoms with van der Waals surface area (Å²) in [7, 11) is 3.10. The topological polar surface area (TPSA) is 202 Å². The van der Waals surface area contributed by atoms with Gasteiger partial charge in [0.15, 0.2) is 0 Å². The predicted molar refractivity (Wildman–Crippen MR) is 200 cm³/mol. The van der Waals surface area contributed by atoms with Crippen LogP contribution in [0.25, 0.3) is 0 Å². The fourth-order valence-electron chi connectivity index (χ4n) is 6.24. The lowest BCUT2D eigenvalue weighted by atomic mass is 9.85. The summed E-state index contributed by atoms with van der Waals surface area (Å²) < 4.78 is 17.3. The van der Waals surface area contributed by atoms with Gasteiger partial charge in [-0.05, 0) is 29.5 Å². The molecule has 2 aliphatic heterocycles. The molecule has 0 saturated carbocycles. The highest BCUT2D eigenvalue weighted by Crippen LogP contribution is 2.28. The highest BCUT2D eigenvalue weighted by molar-refractivity contribution is 6.38. The van der Waals surface area contributed by atoms with E-state index in [-0.39, 0.29) is 31.7 Å². The van der Waals surface area contributed by atoms with Crippen LogP contribution < -0.4 is 30.7 Å². The Morgan fingerprint density at radius 1 is 0.964 bits per heavy atom. The molecule has 0 radical (unpaired) electrons. The molecular formula is C39H52N6O10. The van der Waals surface area contributed by atoms with Crippen molar-refractivity contribution in [1.82, 2.24) is 31.1 Å². The molecule has 6 amide bonds. The zero-order chi connectivity index (χ0) is 40.3. The van der Waals surface area contributed by atoms with Gasteiger partial charge in [-0.3, -0.25) is 28.8 Å². The molecule has 2 aromatic rings. The van der Waals surface area contributed by atoms with Crippen LogP contribution in [-0.2, 0) is 33.5 Å². The molecular weight excluding hydrogens is 712 g/mol. The number of ketones is 1. The van der Waals surface area contributed by atoms with Crippen LogP contribution >= 0.6 is 0 Å². The number of carbonyl (C=O) groups excluding carboxylic acids is 7. The Balaban J connectivity index is 1.47. The van der Waals surface area contributed by atoms with Gasteiger partial charge in [-0.15, -0.1) is 0 Å². The van der Waals surface area contributed by atoms with Crippen LogP contribution in [0.1, 0.15) is 65.0 Å². The van der Waals surface area contributed by atoms with E-state index in [4.69, 9.17) is 14.2 Å². The zero-order valence-corrected chi connectivity index (χ0v) is 32.2. The maximum absolute atomic E-state index is 14.2. The highest BCUT2D eigenvalue weighted by Gasteiger charge is 2.46. The van der Waals surface area contributed by atoms with Gasteiger partial charge in [-0.25, -0.2) is 4.79 Å². The number of hydrogen-bond donors (Lipinski definition) is 4. The summed E-state index contributed by atoms with van der Waals surface area (Å²) in [6, 6.07) is 10.6. The van der Waals surface area contributed by atoms with Crippen molar-refractivity contribution in [3.05, 3.63) is 60.2 Å². The maximum atomic E-state index is 14.2. The number of amides is 6. The lowest BCUT2D eigenvalue weighted by molar-refractivity contribution is -0.144. The molecule has 2 heterocycles. The van der Waals surface area contributed by atoms with E-state index >= 15 is 0 Å². The first-order valence-electron chi connectivity index (χ1n) is 18.4. The summed E-state index contributed by atoms with van der Waals surface area (Å²) in [6.07, 6.45) is -0.331. The van der Waals surface area contributed by atoms with Crippen molar-refractivity contribution >= 4 is 41.4 Å². The van der Waals surface area contributed by atoms with E-state index in [1.165, 1.54) is 9.80 Å². The minimum absolute atomic E-state index is 0.0302. The monoisotopic (exact) mass is 764 g/mol. The quantitative estimate of drug-likeness (QED) is 0.245. The highest BCUT2D eigenvalue weighted by atomic mass is 16.6. The van der Waals surface area contributed by atoms with Crippen LogP contribution in [0, 0.1) is 5.41 Å². The Bertz CT molecular complexity index is 1710. The molecule has 298 valence electrons. The fourth-order valence-corrected chi connectivity index (χ4v) is 6.24. The minimum Gasteiger partial charge on any atom is -0.493 e. The third-order valence-corrected chi connectivity index (χ3v) is 9.12. The van der Waals surface area contributed by atoms with E-state index < -0.39 is 83.6 Å². The van der Waals surface area contributed by atoms with E-state index in [0.29, 0.717) is 30.8 Å². The molecule has 16 nitrogen and oxygen atoms in total. The third-order valence-electron chi connectivity index (χ3n) is 9.12. The molecule has 4 rings (SSSR count). The lowest BCUT2D eigenvalue weighted by Crippen LogP contribution is -2.59. The number of carbonyl (C=O) groups is 7. The van der Waals surface area contributed by atoms with Crippen LogP contribution in [0.4, 0.5) is 4.79 Å². The number of nitrogens with zero attached hydrogens (tertiary/aromatic N) is 2. The average Bonchev–Trinajstić information content (AvgIpc) is 3.58. The number of Topliss-reactive ketones (excluding diaryl/α,β-unsaturated/α-hetero) is 1. The lowest BCUT2D eigenvalue weighted by Gasteiger charge is -2.35. The molecule has 16 heteroatoms. The van der Waals surface area contributed by atoms with Crippen molar-refractivity contribution in [3.63, 3.8) is 0 Å². The maximum Gasteiger partial charge on any atom is 0.413 e. The van der Waals surface area contributed by atoms with Crippen LogP contribution in [-0.4, -0.2) is 116 Å². The van der Waals surface area contributed by atoms with Crippen LogP contribution in [0.15, 0.2) is 54.6 Å². The van der Waals surface area contributed by atoms with Crippen molar-refractivity contribution in [2.45, 2.75) is 83.6 Å². The SMILES string of the molecule is CCCC(NC(=O)[C@@H]1C[C@@H]2CN1C(=O)[C@H](C(C)(C)C)NC(=O)Oc1cccc(c1)OCCCO2)C(=O)C(=O)NCC(=O)N[C@H](C(=O)N(C)C)c1ccccc1. The number of benzene rings is 2. The zero-order valence-electron chi connectivity index (χ0n) is 32.2. The Labute approximate surface area is 321 Å². The molecule has 1 saturated heterocycles. The summed E-state index contributed by atoms with van der Waals surface area (Å²) in [5, 5.41) is 10.2. The van der Waals surface area contributed by atoms with E-state index in [1.807, 2.05) is 0 Å². The van der Waals surface area contributed by atoms with Gasteiger partial charge in [0.2, 0.25) is 29.4 Å². The second-order valence-corrected chi connectivity index (χ2v) is 14.8. The first kappa shape index (κ1) is 42.2. The second-order valence-electron chi connectivity index (χ2n) is 14.8. The number of likely N-dealkylation sites (N-methyl/N-ethyl adjacent to an activating group) is 1. The molecule has 55 heavy (non-hydrogen) atoms. The summed E-state index contributed by atoms with van der Waals surface area (Å²) in [5.41, 5.74) is -0.286.